The van der Waals surface area contributed by atoms with Crippen molar-refractivity contribution in [3.63, 3.8) is 0 Å². The number of fused-ring (bicyclic) bond motifs is 1. The average molecular weight is 361 g/mol. The van der Waals surface area contributed by atoms with E-state index < -0.39 is 6.10 Å². The number of β-amino-alcohol motifs (C(OH)–C–C–N with tert-alkyl or cyclic N) is 1. The van der Waals surface area contributed by atoms with Crippen LogP contribution in [0.5, 0.6) is 5.75 Å². The third kappa shape index (κ3) is 3.95. The van der Waals surface area contributed by atoms with Crippen molar-refractivity contribution in [2.75, 3.05) is 19.7 Å². The Bertz CT molecular complexity index is 766. The summed E-state index contributed by atoms with van der Waals surface area (Å²) in [6.45, 7) is 1.77. The van der Waals surface area contributed by atoms with Crippen LogP contribution in [0, 0.1) is 0 Å². The van der Waals surface area contributed by atoms with Crippen molar-refractivity contribution in [2.45, 2.75) is 19.1 Å². The van der Waals surface area contributed by atoms with Crippen LogP contribution in [0.15, 0.2) is 42.5 Å². The lowest BCUT2D eigenvalue weighted by atomic mass is 9.97. The normalized spacial score (nSPS) is 16.4. The number of hydrogen-bond donors (Lipinski definition) is 2. The van der Waals surface area contributed by atoms with Gasteiger partial charge in [-0.05, 0) is 42.3 Å². The van der Waals surface area contributed by atoms with Crippen LogP contribution in [0.2, 0.25) is 5.02 Å². The smallest absolute Gasteiger partial charge is 0.254 e. The fourth-order valence-electron chi connectivity index (χ4n) is 2.93. The maximum absolute atomic E-state index is 12.8. The first-order chi connectivity index (χ1) is 12.1. The van der Waals surface area contributed by atoms with Crippen molar-refractivity contribution in [1.29, 1.82) is 0 Å². The number of carbonyl (C=O) groups is 1. The number of hydrogen-bond acceptors (Lipinski definition) is 4. The maximum Gasteiger partial charge on any atom is 0.254 e. The van der Waals surface area contributed by atoms with Gasteiger partial charge in [0.15, 0.2) is 0 Å². The number of halogens is 1. The Morgan fingerprint density at radius 2 is 2.12 bits per heavy atom. The van der Waals surface area contributed by atoms with Crippen LogP contribution < -0.4 is 10.5 Å². The van der Waals surface area contributed by atoms with E-state index in [0.717, 1.165) is 17.5 Å². The van der Waals surface area contributed by atoms with Gasteiger partial charge in [0.05, 0.1) is 24.3 Å². The molecule has 0 bridgehead atoms. The Balaban J connectivity index is 1.74. The molecule has 1 heterocycles. The van der Waals surface area contributed by atoms with Crippen LogP contribution in [-0.2, 0) is 6.54 Å². The molecule has 5 nitrogen and oxygen atoms in total. The SMILES string of the molecule is NCCCOc1ccc(C(=O)N2Cc3ccccc3[C@@H](O)C2)cc1Cl. The lowest BCUT2D eigenvalue weighted by Crippen LogP contribution is -2.38. The number of nitrogens with two attached hydrogens (primary N) is 1. The molecule has 1 aliphatic heterocycles. The molecule has 0 aliphatic carbocycles. The van der Waals surface area contributed by atoms with Gasteiger partial charge in [-0.25, -0.2) is 0 Å². The zero-order valence-electron chi connectivity index (χ0n) is 13.8. The van der Waals surface area contributed by atoms with E-state index in [1.54, 1.807) is 23.1 Å². The minimum absolute atomic E-state index is 0.163. The van der Waals surface area contributed by atoms with Crippen molar-refractivity contribution in [3.8, 4) is 5.75 Å². The second-order valence-corrected chi connectivity index (χ2v) is 6.44. The summed E-state index contributed by atoms with van der Waals surface area (Å²) in [4.78, 5) is 14.4. The number of rotatable bonds is 5. The Morgan fingerprint density at radius 3 is 2.88 bits per heavy atom. The van der Waals surface area contributed by atoms with Crippen molar-refractivity contribution in [2.24, 2.45) is 5.73 Å². The molecule has 3 rings (SSSR count). The minimum atomic E-state index is -0.678. The Hall–Kier alpha value is -2.08. The molecule has 132 valence electrons. The summed E-state index contributed by atoms with van der Waals surface area (Å²) in [5.41, 5.74) is 7.76. The molecule has 0 saturated heterocycles. The van der Waals surface area contributed by atoms with Gasteiger partial charge >= 0.3 is 0 Å². The van der Waals surface area contributed by atoms with Crippen molar-refractivity contribution < 1.29 is 14.6 Å². The predicted molar refractivity (Wildman–Crippen MR) is 96.8 cm³/mol. The highest BCUT2D eigenvalue weighted by atomic mass is 35.5. The Morgan fingerprint density at radius 1 is 1.32 bits per heavy atom. The number of benzene rings is 2. The highest BCUT2D eigenvalue weighted by Gasteiger charge is 2.27. The third-order valence-electron chi connectivity index (χ3n) is 4.24. The van der Waals surface area contributed by atoms with E-state index in [0.29, 0.717) is 36.0 Å². The van der Waals surface area contributed by atoms with E-state index in [9.17, 15) is 9.90 Å². The molecule has 25 heavy (non-hydrogen) atoms. The number of carbonyl (C=O) groups excluding carboxylic acids is 1. The molecule has 0 unspecified atom stereocenters. The van der Waals surface area contributed by atoms with Crippen LogP contribution in [0.25, 0.3) is 0 Å². The second kappa shape index (κ2) is 7.87. The van der Waals surface area contributed by atoms with Gasteiger partial charge in [-0.2, -0.15) is 0 Å². The van der Waals surface area contributed by atoms with Gasteiger partial charge in [0.2, 0.25) is 0 Å². The standard InChI is InChI=1S/C19H21ClN2O3/c20-16-10-13(6-7-18(16)25-9-3-8-21)19(24)22-11-14-4-1-2-5-15(14)17(23)12-22/h1-2,4-7,10,17,23H,3,8-9,11-12,21H2/t17-/m0/s1. The molecule has 2 aromatic carbocycles. The highest BCUT2D eigenvalue weighted by molar-refractivity contribution is 6.32. The molecule has 0 saturated carbocycles. The van der Waals surface area contributed by atoms with Crippen molar-refractivity contribution in [1.82, 2.24) is 4.90 Å². The summed E-state index contributed by atoms with van der Waals surface area (Å²) in [6, 6.07) is 12.6. The Labute approximate surface area is 152 Å². The summed E-state index contributed by atoms with van der Waals surface area (Å²) < 4.78 is 5.54. The summed E-state index contributed by atoms with van der Waals surface area (Å²) in [6.07, 6.45) is 0.0606. The van der Waals surface area contributed by atoms with E-state index >= 15 is 0 Å². The molecule has 6 heteroatoms. The maximum atomic E-state index is 12.8. The number of aliphatic hydroxyl groups is 1. The first-order valence-electron chi connectivity index (χ1n) is 8.27. The van der Waals surface area contributed by atoms with E-state index in [1.165, 1.54) is 0 Å². The van der Waals surface area contributed by atoms with Crippen LogP contribution in [-0.4, -0.2) is 35.6 Å². The largest absolute Gasteiger partial charge is 0.492 e. The summed E-state index contributed by atoms with van der Waals surface area (Å²) in [7, 11) is 0. The molecule has 3 N–H and O–H groups in total. The molecule has 0 fully saturated rings. The number of amides is 1. The zero-order chi connectivity index (χ0) is 17.8. The topological polar surface area (TPSA) is 75.8 Å². The zero-order valence-corrected chi connectivity index (χ0v) is 14.6. The van der Waals surface area contributed by atoms with Crippen LogP contribution in [0.1, 0.15) is 34.0 Å². The molecule has 1 atom stereocenters. The first-order valence-corrected chi connectivity index (χ1v) is 8.65. The average Bonchev–Trinajstić information content (AvgIpc) is 2.62. The molecule has 0 aromatic heterocycles. The summed E-state index contributed by atoms with van der Waals surface area (Å²) in [5.74, 6) is 0.375. The Kier molecular flexibility index (Phi) is 5.58. The van der Waals surface area contributed by atoms with Gasteiger partial charge in [-0.1, -0.05) is 35.9 Å². The molecule has 2 aromatic rings. The van der Waals surface area contributed by atoms with Gasteiger partial charge in [0, 0.05) is 12.1 Å². The summed E-state index contributed by atoms with van der Waals surface area (Å²) >= 11 is 6.22. The molecule has 0 spiro atoms. The molecule has 0 radical (unpaired) electrons. The number of nitrogens with zero attached hydrogens (tertiary/aromatic N) is 1. The van der Waals surface area contributed by atoms with Gasteiger partial charge < -0.3 is 20.5 Å². The van der Waals surface area contributed by atoms with Gasteiger partial charge in [0.25, 0.3) is 5.91 Å². The molecular weight excluding hydrogens is 340 g/mol. The van der Waals surface area contributed by atoms with Crippen molar-refractivity contribution >= 4 is 17.5 Å². The second-order valence-electron chi connectivity index (χ2n) is 6.04. The van der Waals surface area contributed by atoms with Gasteiger partial charge in [0.1, 0.15) is 5.75 Å². The summed E-state index contributed by atoms with van der Waals surface area (Å²) in [5, 5.41) is 10.7. The molecule has 1 aliphatic rings. The van der Waals surface area contributed by atoms with E-state index in [4.69, 9.17) is 22.1 Å². The number of aliphatic hydroxyl groups excluding tert-OH is 1. The predicted octanol–water partition coefficient (Wildman–Crippen LogP) is 2.76. The third-order valence-corrected chi connectivity index (χ3v) is 4.54. The fraction of sp³-hybridized carbons (Fsp3) is 0.316. The quantitative estimate of drug-likeness (QED) is 0.804. The van der Waals surface area contributed by atoms with Crippen LogP contribution >= 0.6 is 11.6 Å². The lowest BCUT2D eigenvalue weighted by Gasteiger charge is -2.32. The fourth-order valence-corrected chi connectivity index (χ4v) is 3.17. The van der Waals surface area contributed by atoms with Gasteiger partial charge in [-0.15, -0.1) is 0 Å². The monoisotopic (exact) mass is 360 g/mol. The number of ether oxygens (including phenoxy) is 1. The first kappa shape index (κ1) is 17.7. The van der Waals surface area contributed by atoms with E-state index in [-0.39, 0.29) is 12.5 Å². The van der Waals surface area contributed by atoms with E-state index in [1.807, 2.05) is 24.3 Å². The lowest BCUT2D eigenvalue weighted by molar-refractivity contribution is 0.0550. The molecule has 1 amide bonds. The van der Waals surface area contributed by atoms with E-state index in [2.05, 4.69) is 0 Å². The van der Waals surface area contributed by atoms with Crippen LogP contribution in [0.4, 0.5) is 0 Å². The molecular formula is C19H21ClN2O3. The van der Waals surface area contributed by atoms with Gasteiger partial charge in [-0.3, -0.25) is 4.79 Å². The highest BCUT2D eigenvalue weighted by Crippen LogP contribution is 2.29. The van der Waals surface area contributed by atoms with Crippen molar-refractivity contribution in [3.05, 3.63) is 64.2 Å². The van der Waals surface area contributed by atoms with Crippen LogP contribution in [0.3, 0.4) is 0 Å². The minimum Gasteiger partial charge on any atom is -0.492 e.